The highest BCUT2D eigenvalue weighted by molar-refractivity contribution is 6.32. The number of nitrogens with one attached hydrogen (secondary N) is 2. The summed E-state index contributed by atoms with van der Waals surface area (Å²) >= 11 is 6.47. The second-order valence-electron chi connectivity index (χ2n) is 8.20. The van der Waals surface area contributed by atoms with Crippen molar-refractivity contribution in [1.82, 2.24) is 15.3 Å². The standard InChI is InChI=1S/C27H23ClN4O2/c28-23-16-20(8-10-25(23)34-21-5-2-1-3-6-21)32-26-22-15-19(7-9-24(22)30-18-31-26)11-13-27(33)12-4-14-29-17-27/h1-3,5-10,15-16,18,29,33H,4,12,14,17H2,(H,30,31,32). The molecular formula is C27H23ClN4O2. The number of ether oxygens (including phenoxy) is 1. The first kappa shape index (κ1) is 22.2. The van der Waals surface area contributed by atoms with Gasteiger partial charge in [-0.05, 0) is 67.9 Å². The molecule has 1 atom stereocenters. The van der Waals surface area contributed by atoms with Crippen molar-refractivity contribution in [3.63, 3.8) is 0 Å². The predicted molar refractivity (Wildman–Crippen MR) is 135 cm³/mol. The SMILES string of the molecule is OC1(C#Cc2ccc3ncnc(Nc4ccc(Oc5ccccc5)c(Cl)c4)c3c2)CCCNC1. The number of β-amino-alcohol motifs (C(OH)–C–C–N with tert-alkyl or cyclic N) is 1. The lowest BCUT2D eigenvalue weighted by Crippen LogP contribution is -2.44. The average molecular weight is 471 g/mol. The fraction of sp³-hybridized carbons (Fsp3) is 0.185. The Morgan fingerprint density at radius 2 is 1.94 bits per heavy atom. The van der Waals surface area contributed by atoms with Gasteiger partial charge in [-0.2, -0.15) is 0 Å². The van der Waals surface area contributed by atoms with Crippen molar-refractivity contribution in [2.75, 3.05) is 18.4 Å². The van der Waals surface area contributed by atoms with Gasteiger partial charge in [0.1, 0.15) is 29.2 Å². The van der Waals surface area contributed by atoms with E-state index in [1.54, 1.807) is 6.07 Å². The van der Waals surface area contributed by atoms with Gasteiger partial charge >= 0.3 is 0 Å². The molecule has 34 heavy (non-hydrogen) atoms. The number of para-hydroxylation sites is 1. The average Bonchev–Trinajstić information content (AvgIpc) is 2.86. The molecule has 0 aliphatic carbocycles. The van der Waals surface area contributed by atoms with Gasteiger partial charge < -0.3 is 20.5 Å². The van der Waals surface area contributed by atoms with Gasteiger partial charge in [0.2, 0.25) is 0 Å². The number of nitrogens with zero attached hydrogens (tertiary/aromatic N) is 2. The maximum atomic E-state index is 10.6. The van der Waals surface area contributed by atoms with Gasteiger partial charge in [0.15, 0.2) is 0 Å². The number of benzene rings is 3. The van der Waals surface area contributed by atoms with Crippen LogP contribution in [0.3, 0.4) is 0 Å². The van der Waals surface area contributed by atoms with Gasteiger partial charge in [0.25, 0.3) is 0 Å². The minimum absolute atomic E-state index is 0.480. The van der Waals surface area contributed by atoms with Crippen molar-refractivity contribution >= 4 is 34.0 Å². The lowest BCUT2D eigenvalue weighted by Gasteiger charge is -2.27. The molecule has 2 heterocycles. The Morgan fingerprint density at radius 3 is 2.74 bits per heavy atom. The molecule has 3 N–H and O–H groups in total. The molecule has 6 nitrogen and oxygen atoms in total. The van der Waals surface area contributed by atoms with Gasteiger partial charge in [0.05, 0.1) is 10.5 Å². The molecule has 3 aromatic carbocycles. The quantitative estimate of drug-likeness (QED) is 0.352. The second kappa shape index (κ2) is 9.70. The van der Waals surface area contributed by atoms with Crippen LogP contribution in [0.5, 0.6) is 11.5 Å². The molecular weight excluding hydrogens is 448 g/mol. The van der Waals surface area contributed by atoms with Gasteiger partial charge in [-0.15, -0.1) is 0 Å². The van der Waals surface area contributed by atoms with Crippen molar-refractivity contribution in [2.45, 2.75) is 18.4 Å². The number of aromatic nitrogens is 2. The largest absolute Gasteiger partial charge is 0.456 e. The fourth-order valence-corrected chi connectivity index (χ4v) is 4.05. The van der Waals surface area contributed by atoms with E-state index in [-0.39, 0.29) is 0 Å². The minimum Gasteiger partial charge on any atom is -0.456 e. The minimum atomic E-state index is -0.998. The normalized spacial score (nSPS) is 17.6. The Kier molecular flexibility index (Phi) is 6.33. The van der Waals surface area contributed by atoms with Crippen LogP contribution in [0, 0.1) is 11.8 Å². The van der Waals surface area contributed by atoms with Crippen LogP contribution in [0.15, 0.2) is 73.1 Å². The molecule has 170 valence electrons. The van der Waals surface area contributed by atoms with Crippen LogP contribution in [0.25, 0.3) is 10.9 Å². The van der Waals surface area contributed by atoms with E-state index in [0.717, 1.165) is 35.1 Å². The number of hydrogen-bond donors (Lipinski definition) is 3. The number of piperidine rings is 1. The Labute approximate surface area is 203 Å². The number of anilines is 2. The third-order valence-corrected chi connectivity index (χ3v) is 5.90. The molecule has 7 heteroatoms. The van der Waals surface area contributed by atoms with E-state index in [1.165, 1.54) is 6.33 Å². The summed E-state index contributed by atoms with van der Waals surface area (Å²) in [5.41, 5.74) is 1.34. The van der Waals surface area contributed by atoms with Crippen molar-refractivity contribution < 1.29 is 9.84 Å². The van der Waals surface area contributed by atoms with Gasteiger partial charge in [0, 0.05) is 23.2 Å². The monoisotopic (exact) mass is 470 g/mol. The number of fused-ring (bicyclic) bond motifs is 1. The van der Waals surface area contributed by atoms with Crippen LogP contribution in [0.4, 0.5) is 11.5 Å². The zero-order chi connectivity index (χ0) is 23.4. The predicted octanol–water partition coefficient (Wildman–Crippen LogP) is 5.29. The van der Waals surface area contributed by atoms with Crippen LogP contribution >= 0.6 is 11.6 Å². The molecule has 0 radical (unpaired) electrons. The molecule has 1 aliphatic rings. The summed E-state index contributed by atoms with van der Waals surface area (Å²) in [5.74, 6) is 8.07. The molecule has 5 rings (SSSR count). The van der Waals surface area contributed by atoms with E-state index < -0.39 is 5.60 Å². The van der Waals surface area contributed by atoms with Crippen LogP contribution in [0.2, 0.25) is 5.02 Å². The second-order valence-corrected chi connectivity index (χ2v) is 8.61. The van der Waals surface area contributed by atoms with E-state index in [2.05, 4.69) is 32.4 Å². The summed E-state index contributed by atoms with van der Waals surface area (Å²) < 4.78 is 5.86. The highest BCUT2D eigenvalue weighted by atomic mass is 35.5. The third-order valence-electron chi connectivity index (χ3n) is 5.60. The Balaban J connectivity index is 1.39. The van der Waals surface area contributed by atoms with Crippen molar-refractivity contribution in [2.24, 2.45) is 0 Å². The molecule has 0 amide bonds. The lowest BCUT2D eigenvalue weighted by molar-refractivity contribution is 0.0736. The molecule has 1 aliphatic heterocycles. The first-order valence-electron chi connectivity index (χ1n) is 11.1. The number of halogens is 1. The molecule has 0 bridgehead atoms. The van der Waals surface area contributed by atoms with E-state index in [4.69, 9.17) is 16.3 Å². The number of aliphatic hydroxyl groups is 1. The van der Waals surface area contributed by atoms with Gasteiger partial charge in [-0.3, -0.25) is 0 Å². The Morgan fingerprint density at radius 1 is 1.06 bits per heavy atom. The van der Waals surface area contributed by atoms with Crippen molar-refractivity contribution in [3.8, 4) is 23.3 Å². The Hall–Kier alpha value is -3.63. The first-order chi connectivity index (χ1) is 16.6. The Bertz CT molecular complexity index is 1380. The lowest BCUT2D eigenvalue weighted by atomic mass is 9.94. The molecule has 0 spiro atoms. The molecule has 1 aromatic heterocycles. The van der Waals surface area contributed by atoms with Crippen LogP contribution < -0.4 is 15.4 Å². The molecule has 1 fully saturated rings. The smallest absolute Gasteiger partial charge is 0.146 e. The summed E-state index contributed by atoms with van der Waals surface area (Å²) in [6.07, 6.45) is 3.09. The first-order valence-corrected chi connectivity index (χ1v) is 11.5. The topological polar surface area (TPSA) is 79.3 Å². The summed E-state index contributed by atoms with van der Waals surface area (Å²) in [6.45, 7) is 1.39. The summed E-state index contributed by atoms with van der Waals surface area (Å²) in [4.78, 5) is 8.78. The third kappa shape index (κ3) is 5.13. The summed E-state index contributed by atoms with van der Waals surface area (Å²) in [7, 11) is 0. The van der Waals surface area contributed by atoms with Gasteiger partial charge in [-0.1, -0.05) is 41.6 Å². The number of rotatable bonds is 4. The van der Waals surface area contributed by atoms with Crippen LogP contribution in [-0.4, -0.2) is 33.8 Å². The molecule has 1 unspecified atom stereocenters. The maximum Gasteiger partial charge on any atom is 0.146 e. The molecule has 1 saturated heterocycles. The zero-order valence-corrected chi connectivity index (χ0v) is 19.1. The summed E-state index contributed by atoms with van der Waals surface area (Å²) in [6, 6.07) is 20.7. The van der Waals surface area contributed by atoms with Crippen LogP contribution in [0.1, 0.15) is 18.4 Å². The van der Waals surface area contributed by atoms with Gasteiger partial charge in [-0.25, -0.2) is 9.97 Å². The van der Waals surface area contributed by atoms with Crippen LogP contribution in [-0.2, 0) is 0 Å². The van der Waals surface area contributed by atoms with E-state index >= 15 is 0 Å². The van der Waals surface area contributed by atoms with E-state index in [0.29, 0.717) is 35.3 Å². The molecule has 0 saturated carbocycles. The van der Waals surface area contributed by atoms with Crippen molar-refractivity contribution in [3.05, 3.63) is 83.6 Å². The fourth-order valence-electron chi connectivity index (χ4n) is 3.83. The van der Waals surface area contributed by atoms with E-state index in [9.17, 15) is 5.11 Å². The summed E-state index contributed by atoms with van der Waals surface area (Å²) in [5, 5.41) is 18.5. The number of hydrogen-bond acceptors (Lipinski definition) is 6. The van der Waals surface area contributed by atoms with Crippen molar-refractivity contribution in [1.29, 1.82) is 0 Å². The maximum absolute atomic E-state index is 10.6. The zero-order valence-electron chi connectivity index (χ0n) is 18.4. The highest BCUT2D eigenvalue weighted by Crippen LogP contribution is 2.33. The van der Waals surface area contributed by atoms with E-state index in [1.807, 2.05) is 60.7 Å². The highest BCUT2D eigenvalue weighted by Gasteiger charge is 2.26. The molecule has 4 aromatic rings.